The Balaban J connectivity index is 1.92. The first kappa shape index (κ1) is 17.8. The fraction of sp³-hybridized carbons (Fsp3) is 0.111. The van der Waals surface area contributed by atoms with Gasteiger partial charge in [-0.3, -0.25) is 4.68 Å². The first-order valence-corrected chi connectivity index (χ1v) is 8.17. The van der Waals surface area contributed by atoms with Crippen LogP contribution in [0.2, 0.25) is 5.02 Å². The van der Waals surface area contributed by atoms with Gasteiger partial charge in [0.15, 0.2) is 0 Å². The van der Waals surface area contributed by atoms with Crippen molar-refractivity contribution in [3.63, 3.8) is 0 Å². The van der Waals surface area contributed by atoms with Crippen molar-refractivity contribution < 1.29 is 18.7 Å². The third-order valence-corrected chi connectivity index (χ3v) is 3.84. The maximum atomic E-state index is 13.7. The molecule has 3 aromatic rings. The number of urea groups is 1. The molecule has 8 heteroatoms. The molecule has 0 atom stereocenters. The number of carbonyl (C=O) groups is 2. The number of nitrogens with zero attached hydrogens (tertiary/aromatic N) is 1. The molecule has 0 aliphatic heterocycles. The van der Waals surface area contributed by atoms with E-state index >= 15 is 0 Å². The Morgan fingerprint density at radius 1 is 1.23 bits per heavy atom. The molecule has 1 heterocycles. The zero-order valence-electron chi connectivity index (χ0n) is 13.8. The Hall–Kier alpha value is -3.06. The average Bonchev–Trinajstić information content (AvgIpc) is 2.95. The van der Waals surface area contributed by atoms with Crippen molar-refractivity contribution in [2.75, 3.05) is 17.3 Å². The topological polar surface area (TPSA) is 72.4 Å². The minimum atomic E-state index is -0.678. The van der Waals surface area contributed by atoms with E-state index in [1.165, 1.54) is 29.1 Å². The van der Waals surface area contributed by atoms with E-state index in [0.717, 1.165) is 0 Å². The van der Waals surface area contributed by atoms with Gasteiger partial charge in [-0.25, -0.2) is 19.4 Å². The van der Waals surface area contributed by atoms with E-state index in [2.05, 4.69) is 10.7 Å². The number of anilines is 1. The predicted octanol–water partition coefficient (Wildman–Crippen LogP) is 4.39. The molecule has 0 bridgehead atoms. The van der Waals surface area contributed by atoms with Crippen LogP contribution in [0, 0.1) is 5.82 Å². The number of para-hydroxylation sites is 1. The van der Waals surface area contributed by atoms with Crippen molar-refractivity contribution in [1.29, 1.82) is 0 Å². The number of hydrogen-bond donors (Lipinski definition) is 2. The normalized spacial score (nSPS) is 10.6. The van der Waals surface area contributed by atoms with Crippen molar-refractivity contribution >= 4 is 40.2 Å². The SMILES string of the molecule is CCOC(=O)c1cn(NC(=O)Nc2ccccc2F)c2cc(Cl)ccc12. The Labute approximate surface area is 153 Å². The molecule has 6 nitrogen and oxygen atoms in total. The fourth-order valence-electron chi connectivity index (χ4n) is 2.49. The van der Waals surface area contributed by atoms with Crippen molar-refractivity contribution in [3.05, 3.63) is 65.1 Å². The number of esters is 1. The first-order valence-electron chi connectivity index (χ1n) is 7.80. The summed E-state index contributed by atoms with van der Waals surface area (Å²) < 4.78 is 20.0. The molecule has 0 aliphatic carbocycles. The van der Waals surface area contributed by atoms with Gasteiger partial charge >= 0.3 is 12.0 Å². The third kappa shape index (κ3) is 3.62. The molecule has 2 N–H and O–H groups in total. The molecule has 134 valence electrons. The second-order valence-electron chi connectivity index (χ2n) is 5.34. The molecular formula is C18H15ClFN3O3. The van der Waals surface area contributed by atoms with Crippen LogP contribution in [-0.4, -0.2) is 23.3 Å². The van der Waals surface area contributed by atoms with Gasteiger partial charge < -0.3 is 10.1 Å². The zero-order chi connectivity index (χ0) is 18.7. The number of nitrogens with one attached hydrogen (secondary N) is 2. The molecule has 26 heavy (non-hydrogen) atoms. The van der Waals surface area contributed by atoms with Crippen LogP contribution in [0.15, 0.2) is 48.7 Å². The van der Waals surface area contributed by atoms with E-state index < -0.39 is 17.8 Å². The second-order valence-corrected chi connectivity index (χ2v) is 5.78. The number of rotatable bonds is 4. The van der Waals surface area contributed by atoms with Crippen LogP contribution in [0.5, 0.6) is 0 Å². The molecular weight excluding hydrogens is 361 g/mol. The van der Waals surface area contributed by atoms with E-state index in [0.29, 0.717) is 15.9 Å². The number of fused-ring (bicyclic) bond motifs is 1. The number of carbonyl (C=O) groups excluding carboxylic acids is 2. The lowest BCUT2D eigenvalue weighted by Gasteiger charge is -2.10. The van der Waals surface area contributed by atoms with Gasteiger partial charge in [0.05, 0.1) is 23.4 Å². The maximum Gasteiger partial charge on any atom is 0.340 e. The van der Waals surface area contributed by atoms with Crippen LogP contribution in [0.25, 0.3) is 10.9 Å². The largest absolute Gasteiger partial charge is 0.462 e. The van der Waals surface area contributed by atoms with Crippen LogP contribution in [0.4, 0.5) is 14.9 Å². The summed E-state index contributed by atoms with van der Waals surface area (Å²) in [6.07, 6.45) is 1.43. The van der Waals surface area contributed by atoms with Gasteiger partial charge in [0.2, 0.25) is 0 Å². The van der Waals surface area contributed by atoms with Crippen molar-refractivity contribution in [3.8, 4) is 0 Å². The summed E-state index contributed by atoms with van der Waals surface area (Å²) in [7, 11) is 0. The lowest BCUT2D eigenvalue weighted by atomic mass is 10.2. The van der Waals surface area contributed by atoms with E-state index in [4.69, 9.17) is 16.3 Å². The summed E-state index contributed by atoms with van der Waals surface area (Å²) in [5, 5.41) is 3.41. The van der Waals surface area contributed by atoms with Gasteiger partial charge in [0.1, 0.15) is 5.82 Å². The van der Waals surface area contributed by atoms with Gasteiger partial charge in [-0.05, 0) is 31.2 Å². The number of benzene rings is 2. The Morgan fingerprint density at radius 2 is 2.00 bits per heavy atom. The minimum Gasteiger partial charge on any atom is -0.462 e. The number of aromatic nitrogens is 1. The third-order valence-electron chi connectivity index (χ3n) is 3.61. The van der Waals surface area contributed by atoms with Crippen LogP contribution in [0.1, 0.15) is 17.3 Å². The van der Waals surface area contributed by atoms with Gasteiger partial charge in [-0.15, -0.1) is 0 Å². The van der Waals surface area contributed by atoms with Crippen LogP contribution in [-0.2, 0) is 4.74 Å². The standard InChI is InChI=1S/C18H15ClFN3O3/c1-2-26-17(24)13-10-23(16-9-11(19)7-8-12(13)16)22-18(25)21-15-6-4-3-5-14(15)20/h3-10H,2H2,1H3,(H2,21,22,25). The quantitative estimate of drug-likeness (QED) is 0.664. The van der Waals surface area contributed by atoms with Crippen molar-refractivity contribution in [1.82, 2.24) is 4.68 Å². The number of amides is 2. The molecule has 0 saturated heterocycles. The highest BCUT2D eigenvalue weighted by Crippen LogP contribution is 2.25. The van der Waals surface area contributed by atoms with Gasteiger partial charge in [0, 0.05) is 16.6 Å². The van der Waals surface area contributed by atoms with E-state index in [1.807, 2.05) is 0 Å². The van der Waals surface area contributed by atoms with Crippen LogP contribution in [0.3, 0.4) is 0 Å². The minimum absolute atomic E-state index is 0.0325. The van der Waals surface area contributed by atoms with E-state index in [1.54, 1.807) is 31.2 Å². The number of ether oxygens (including phenoxy) is 1. The average molecular weight is 376 g/mol. The molecule has 0 saturated carbocycles. The van der Waals surface area contributed by atoms with Gasteiger partial charge in [-0.2, -0.15) is 0 Å². The summed E-state index contributed by atoms with van der Waals surface area (Å²) in [6, 6.07) is 10.0. The molecule has 2 amide bonds. The van der Waals surface area contributed by atoms with E-state index in [-0.39, 0.29) is 17.9 Å². The molecule has 0 aliphatic rings. The monoisotopic (exact) mass is 375 g/mol. The lowest BCUT2D eigenvalue weighted by Crippen LogP contribution is -2.27. The van der Waals surface area contributed by atoms with Crippen molar-refractivity contribution in [2.24, 2.45) is 0 Å². The summed E-state index contributed by atoms with van der Waals surface area (Å²) in [5.41, 5.74) is 3.36. The fourth-order valence-corrected chi connectivity index (χ4v) is 2.65. The lowest BCUT2D eigenvalue weighted by molar-refractivity contribution is 0.0528. The molecule has 3 rings (SSSR count). The van der Waals surface area contributed by atoms with Crippen molar-refractivity contribution in [2.45, 2.75) is 6.92 Å². The summed E-state index contributed by atoms with van der Waals surface area (Å²) in [4.78, 5) is 24.3. The van der Waals surface area contributed by atoms with Gasteiger partial charge in [-0.1, -0.05) is 29.8 Å². The Morgan fingerprint density at radius 3 is 2.73 bits per heavy atom. The molecule has 0 fully saturated rings. The Bertz CT molecular complexity index is 987. The number of halogens is 2. The predicted molar refractivity (Wildman–Crippen MR) is 97.7 cm³/mol. The highest BCUT2D eigenvalue weighted by Gasteiger charge is 2.18. The highest BCUT2D eigenvalue weighted by atomic mass is 35.5. The summed E-state index contributed by atoms with van der Waals surface area (Å²) >= 11 is 6.02. The highest BCUT2D eigenvalue weighted by molar-refractivity contribution is 6.31. The molecule has 0 radical (unpaired) electrons. The van der Waals surface area contributed by atoms with E-state index in [9.17, 15) is 14.0 Å². The first-order chi connectivity index (χ1) is 12.5. The zero-order valence-corrected chi connectivity index (χ0v) is 14.5. The van der Waals surface area contributed by atoms with Crippen LogP contribution < -0.4 is 10.7 Å². The summed E-state index contributed by atoms with van der Waals surface area (Å²) in [6.45, 7) is 1.92. The summed E-state index contributed by atoms with van der Waals surface area (Å²) in [5.74, 6) is -1.08. The van der Waals surface area contributed by atoms with Crippen LogP contribution >= 0.6 is 11.6 Å². The van der Waals surface area contributed by atoms with Gasteiger partial charge in [0.25, 0.3) is 0 Å². The molecule has 0 spiro atoms. The maximum absolute atomic E-state index is 13.7. The Kier molecular flexibility index (Phi) is 5.09. The molecule has 2 aromatic carbocycles. The molecule has 1 aromatic heterocycles. The second kappa shape index (κ2) is 7.45. The smallest absolute Gasteiger partial charge is 0.340 e. The molecule has 0 unspecified atom stereocenters. The number of hydrogen-bond acceptors (Lipinski definition) is 3.